The van der Waals surface area contributed by atoms with Crippen molar-refractivity contribution >= 4 is 17.5 Å². The Bertz CT molecular complexity index is 902. The van der Waals surface area contributed by atoms with Crippen molar-refractivity contribution in [3.05, 3.63) is 71.3 Å². The number of Topliss-reactive ketones (excluding diaryl/α,β-unsaturated/α-hetero) is 1. The third kappa shape index (κ3) is 9.43. The Labute approximate surface area is 201 Å². The average molecular weight is 468 g/mol. The summed E-state index contributed by atoms with van der Waals surface area (Å²) in [6, 6.07) is 16.3. The van der Waals surface area contributed by atoms with E-state index in [0.717, 1.165) is 30.4 Å². The number of nitrogens with one attached hydrogen (secondary N) is 3. The van der Waals surface area contributed by atoms with Crippen molar-refractivity contribution in [2.24, 2.45) is 17.4 Å². The van der Waals surface area contributed by atoms with Gasteiger partial charge in [0.1, 0.15) is 5.84 Å². The molecule has 8 N–H and O–H groups in total. The number of carbonyl (C=O) groups excluding carboxylic acids is 2. The predicted molar refractivity (Wildman–Crippen MR) is 134 cm³/mol. The number of benzene rings is 2. The maximum Gasteiger partial charge on any atom is 0.223 e. The Kier molecular flexibility index (Phi) is 12.0. The highest BCUT2D eigenvalue weighted by Gasteiger charge is 2.25. The number of unbranched alkanes of at least 4 members (excludes halogenated alkanes) is 1. The molecule has 0 aliphatic heterocycles. The zero-order chi connectivity index (χ0) is 24.8. The molecule has 2 aromatic rings. The van der Waals surface area contributed by atoms with Crippen LogP contribution in [0.15, 0.2) is 54.6 Å². The molecule has 0 saturated carbocycles. The number of nitrogen functional groups attached to an aromatic ring is 1. The highest BCUT2D eigenvalue weighted by Crippen LogP contribution is 2.16. The van der Waals surface area contributed by atoms with E-state index in [0.29, 0.717) is 31.6 Å². The highest BCUT2D eigenvalue weighted by atomic mass is 16.3. The Morgan fingerprint density at radius 1 is 1.00 bits per heavy atom. The molecule has 8 nitrogen and oxygen atoms in total. The van der Waals surface area contributed by atoms with Crippen molar-refractivity contribution in [1.82, 2.24) is 10.6 Å². The second kappa shape index (κ2) is 15.0. The van der Waals surface area contributed by atoms with Gasteiger partial charge in [-0.3, -0.25) is 15.0 Å². The van der Waals surface area contributed by atoms with E-state index < -0.39 is 12.0 Å². The molecule has 2 rings (SSSR count). The van der Waals surface area contributed by atoms with Gasteiger partial charge in [0.05, 0.1) is 12.6 Å². The molecule has 2 atom stereocenters. The van der Waals surface area contributed by atoms with Gasteiger partial charge in [-0.2, -0.15) is 0 Å². The zero-order valence-corrected chi connectivity index (χ0v) is 19.6. The number of hydrogen-bond donors (Lipinski definition) is 6. The number of carbonyl (C=O) groups is 2. The molecule has 0 radical (unpaired) electrons. The highest BCUT2D eigenvalue weighted by molar-refractivity contribution is 5.94. The molecular formula is C26H37N5O3. The van der Waals surface area contributed by atoms with Crippen LogP contribution in [0.1, 0.15) is 42.4 Å². The SMILES string of the molecule is N=C(N)c1ccc(CNC(=O)[C@H](CCCCN)CC(=O)[C@@H](CO)NCCc2ccccc2)cc1. The molecular weight excluding hydrogens is 430 g/mol. The van der Waals surface area contributed by atoms with Gasteiger partial charge in [-0.25, -0.2) is 0 Å². The zero-order valence-electron chi connectivity index (χ0n) is 19.6. The molecule has 0 saturated heterocycles. The molecule has 0 aliphatic rings. The first-order valence-electron chi connectivity index (χ1n) is 11.8. The van der Waals surface area contributed by atoms with E-state index in [1.165, 1.54) is 0 Å². The lowest BCUT2D eigenvalue weighted by Gasteiger charge is -2.20. The molecule has 2 aromatic carbocycles. The van der Waals surface area contributed by atoms with Crippen LogP contribution in [0.25, 0.3) is 0 Å². The van der Waals surface area contributed by atoms with Crippen LogP contribution in [0.3, 0.4) is 0 Å². The van der Waals surface area contributed by atoms with E-state index >= 15 is 0 Å². The first-order chi connectivity index (χ1) is 16.4. The number of aliphatic hydroxyl groups excluding tert-OH is 1. The lowest BCUT2D eigenvalue weighted by molar-refractivity contribution is -0.131. The third-order valence-corrected chi connectivity index (χ3v) is 5.78. The van der Waals surface area contributed by atoms with E-state index in [4.69, 9.17) is 16.9 Å². The first-order valence-corrected chi connectivity index (χ1v) is 11.8. The summed E-state index contributed by atoms with van der Waals surface area (Å²) in [7, 11) is 0. The van der Waals surface area contributed by atoms with Crippen LogP contribution >= 0.6 is 0 Å². The van der Waals surface area contributed by atoms with Crippen LogP contribution in [0.2, 0.25) is 0 Å². The van der Waals surface area contributed by atoms with Gasteiger partial charge in [0.15, 0.2) is 5.78 Å². The molecule has 0 spiro atoms. The van der Waals surface area contributed by atoms with Crippen LogP contribution < -0.4 is 22.1 Å². The molecule has 0 bridgehead atoms. The van der Waals surface area contributed by atoms with Gasteiger partial charge in [0.2, 0.25) is 5.91 Å². The summed E-state index contributed by atoms with van der Waals surface area (Å²) >= 11 is 0. The minimum absolute atomic E-state index is 0.00937. The lowest BCUT2D eigenvalue weighted by atomic mass is 9.92. The van der Waals surface area contributed by atoms with Crippen molar-refractivity contribution in [2.75, 3.05) is 19.7 Å². The summed E-state index contributed by atoms with van der Waals surface area (Å²) in [5.74, 6) is -0.860. The largest absolute Gasteiger partial charge is 0.394 e. The van der Waals surface area contributed by atoms with Crippen molar-refractivity contribution in [2.45, 2.75) is 44.7 Å². The molecule has 0 aliphatic carbocycles. The third-order valence-electron chi connectivity index (χ3n) is 5.78. The topological polar surface area (TPSA) is 154 Å². The van der Waals surface area contributed by atoms with E-state index in [9.17, 15) is 14.7 Å². The second-order valence-corrected chi connectivity index (χ2v) is 8.41. The van der Waals surface area contributed by atoms with Crippen LogP contribution in [0.5, 0.6) is 0 Å². The Balaban J connectivity index is 1.91. The summed E-state index contributed by atoms with van der Waals surface area (Å²) in [4.78, 5) is 25.8. The summed E-state index contributed by atoms with van der Waals surface area (Å²) < 4.78 is 0. The minimum Gasteiger partial charge on any atom is -0.394 e. The molecule has 8 heteroatoms. The van der Waals surface area contributed by atoms with Gasteiger partial charge in [-0.1, -0.05) is 61.0 Å². The van der Waals surface area contributed by atoms with Gasteiger partial charge in [0, 0.05) is 24.4 Å². The van der Waals surface area contributed by atoms with Crippen LogP contribution in [-0.4, -0.2) is 48.4 Å². The summed E-state index contributed by atoms with van der Waals surface area (Å²) in [5.41, 5.74) is 13.7. The molecule has 0 fully saturated rings. The molecule has 184 valence electrons. The van der Waals surface area contributed by atoms with Gasteiger partial charge in [0.25, 0.3) is 0 Å². The lowest BCUT2D eigenvalue weighted by Crippen LogP contribution is -2.43. The van der Waals surface area contributed by atoms with Gasteiger partial charge < -0.3 is 27.2 Å². The number of amides is 1. The van der Waals surface area contributed by atoms with Crippen molar-refractivity contribution < 1.29 is 14.7 Å². The molecule has 0 aromatic heterocycles. The standard InChI is InChI=1S/C26H37N5O3/c27-14-5-4-8-22(26(34)31-17-20-9-11-21(12-10-20)25(28)29)16-24(33)23(18-32)30-15-13-19-6-2-1-3-7-19/h1-3,6-7,9-12,22-23,30,32H,4-5,8,13-18,27H2,(H3,28,29)(H,31,34)/t22-,23-/m1/s1. The number of rotatable bonds is 16. The monoisotopic (exact) mass is 467 g/mol. The smallest absolute Gasteiger partial charge is 0.223 e. The van der Waals surface area contributed by atoms with Crippen molar-refractivity contribution in [3.63, 3.8) is 0 Å². The van der Waals surface area contributed by atoms with E-state index in [1.54, 1.807) is 12.1 Å². The van der Waals surface area contributed by atoms with Gasteiger partial charge in [-0.05, 0) is 43.5 Å². The maximum absolute atomic E-state index is 12.9. The van der Waals surface area contributed by atoms with Gasteiger partial charge in [-0.15, -0.1) is 0 Å². The Hall–Kier alpha value is -3.07. The number of amidine groups is 1. The average Bonchev–Trinajstić information content (AvgIpc) is 2.85. The van der Waals surface area contributed by atoms with Crippen LogP contribution in [0.4, 0.5) is 0 Å². The van der Waals surface area contributed by atoms with E-state index in [1.807, 2.05) is 42.5 Å². The fraction of sp³-hybridized carbons (Fsp3) is 0.423. The molecule has 0 heterocycles. The number of nitrogens with two attached hydrogens (primary N) is 2. The Morgan fingerprint density at radius 3 is 2.32 bits per heavy atom. The predicted octanol–water partition coefficient (Wildman–Crippen LogP) is 1.48. The van der Waals surface area contributed by atoms with Crippen LogP contribution in [-0.2, 0) is 22.6 Å². The summed E-state index contributed by atoms with van der Waals surface area (Å²) in [6.45, 7) is 1.09. The maximum atomic E-state index is 12.9. The van der Waals surface area contributed by atoms with Crippen molar-refractivity contribution in [3.8, 4) is 0 Å². The summed E-state index contributed by atoms with van der Waals surface area (Å²) in [6.07, 6.45) is 2.89. The quantitative estimate of drug-likeness (QED) is 0.125. The number of hydrogen-bond acceptors (Lipinski definition) is 6. The van der Waals surface area contributed by atoms with Crippen LogP contribution in [0, 0.1) is 11.3 Å². The van der Waals surface area contributed by atoms with E-state index in [2.05, 4.69) is 10.6 Å². The Morgan fingerprint density at radius 2 is 1.71 bits per heavy atom. The van der Waals surface area contributed by atoms with Gasteiger partial charge >= 0.3 is 0 Å². The van der Waals surface area contributed by atoms with E-state index in [-0.39, 0.29) is 30.6 Å². The number of ketones is 1. The second-order valence-electron chi connectivity index (χ2n) is 8.41. The fourth-order valence-corrected chi connectivity index (χ4v) is 3.70. The molecule has 0 unspecified atom stereocenters. The number of aliphatic hydroxyl groups is 1. The van der Waals surface area contributed by atoms with Crippen molar-refractivity contribution in [1.29, 1.82) is 5.41 Å². The first kappa shape index (κ1) is 27.2. The normalized spacial score (nSPS) is 12.6. The summed E-state index contributed by atoms with van der Waals surface area (Å²) in [5, 5.41) is 23.2. The molecule has 34 heavy (non-hydrogen) atoms. The molecule has 1 amide bonds. The minimum atomic E-state index is -0.701. The fourth-order valence-electron chi connectivity index (χ4n) is 3.70.